The molecule has 2 N–H and O–H groups in total. The minimum atomic E-state index is -0.645. The van der Waals surface area contributed by atoms with E-state index in [0.717, 1.165) is 49.5 Å². The Labute approximate surface area is 210 Å². The summed E-state index contributed by atoms with van der Waals surface area (Å²) in [6, 6.07) is 19.0. The smallest absolute Gasteiger partial charge is 0.274 e. The van der Waals surface area contributed by atoms with Crippen molar-refractivity contribution in [2.24, 2.45) is 0 Å². The summed E-state index contributed by atoms with van der Waals surface area (Å²) in [5, 5.41) is 9.03. The fourth-order valence-electron chi connectivity index (χ4n) is 3.73. The number of hydrogen-bond acceptors (Lipinski definition) is 7. The Morgan fingerprint density at radius 3 is 2.33 bits per heavy atom. The van der Waals surface area contributed by atoms with Crippen LogP contribution in [0.5, 0.6) is 5.88 Å². The number of carbonyl (C=O) groups excluding carboxylic acids is 1. The third kappa shape index (κ3) is 7.13. The maximum absolute atomic E-state index is 12.0. The van der Waals surface area contributed by atoms with Crippen LogP contribution in [0.1, 0.15) is 27.0 Å². The van der Waals surface area contributed by atoms with Crippen LogP contribution in [0.3, 0.4) is 0 Å². The van der Waals surface area contributed by atoms with Crippen LogP contribution in [0.15, 0.2) is 60.7 Å². The molecule has 4 rings (SSSR count). The van der Waals surface area contributed by atoms with E-state index in [2.05, 4.69) is 33.9 Å². The van der Waals surface area contributed by atoms with Crippen LogP contribution in [-0.4, -0.2) is 67.6 Å². The number of aromatic nitrogens is 1. The molecular weight excluding hydrogens is 458 g/mol. The summed E-state index contributed by atoms with van der Waals surface area (Å²) in [5.41, 5.74) is 6.28. The van der Waals surface area contributed by atoms with Gasteiger partial charge in [-0.2, -0.15) is 0 Å². The molecule has 1 aliphatic rings. The lowest BCUT2D eigenvalue weighted by Gasteiger charge is -2.26. The molecule has 0 spiro atoms. The number of rotatable bonds is 8. The monoisotopic (exact) mass is 487 g/mol. The number of nitrogens with zero attached hydrogens (tertiary/aromatic N) is 2. The van der Waals surface area contributed by atoms with Crippen molar-refractivity contribution in [2.75, 3.05) is 46.6 Å². The molecule has 36 heavy (non-hydrogen) atoms. The minimum absolute atomic E-state index is 0.232. The maximum Gasteiger partial charge on any atom is 0.274 e. The summed E-state index contributed by atoms with van der Waals surface area (Å²) in [7, 11) is 1.57. The fourth-order valence-corrected chi connectivity index (χ4v) is 3.73. The van der Waals surface area contributed by atoms with Crippen molar-refractivity contribution in [1.82, 2.24) is 15.4 Å². The van der Waals surface area contributed by atoms with Crippen LogP contribution in [0.4, 0.5) is 0 Å². The highest BCUT2D eigenvalue weighted by atomic mass is 16.5. The number of nitrogens with one attached hydrogen (secondary N) is 1. The third-order valence-corrected chi connectivity index (χ3v) is 5.70. The summed E-state index contributed by atoms with van der Waals surface area (Å²) < 4.78 is 16.0. The zero-order chi connectivity index (χ0) is 25.2. The van der Waals surface area contributed by atoms with Crippen molar-refractivity contribution in [3.05, 3.63) is 82.9 Å². The van der Waals surface area contributed by atoms with E-state index in [1.54, 1.807) is 18.7 Å². The fraction of sp³-hybridized carbons (Fsp3) is 0.286. The Hall–Kier alpha value is -3.74. The van der Waals surface area contributed by atoms with Crippen molar-refractivity contribution in [2.45, 2.75) is 6.54 Å². The average molecular weight is 488 g/mol. The first-order valence-electron chi connectivity index (χ1n) is 11.7. The minimum Gasteiger partial charge on any atom is -0.475 e. The first kappa shape index (κ1) is 25.4. The predicted octanol–water partition coefficient (Wildman–Crippen LogP) is 3.12. The number of hydrogen-bond donors (Lipinski definition) is 2. The standard InChI is InChI=1S/C28H29N3O5/c1-34-16-17-36-27-19-25(28(32)30-33)18-26(29-27)24-10-8-22(9-11-24)3-2-21-4-6-23(7-5-21)20-31-12-14-35-15-13-31/h4-11,18-19,33H,12-17,20H2,1H3,(H,30,32). The lowest BCUT2D eigenvalue weighted by molar-refractivity contribution is 0.0342. The van der Waals surface area contributed by atoms with Crippen LogP contribution in [-0.2, 0) is 16.0 Å². The highest BCUT2D eigenvalue weighted by Gasteiger charge is 2.12. The van der Waals surface area contributed by atoms with Crippen LogP contribution >= 0.6 is 0 Å². The van der Waals surface area contributed by atoms with E-state index in [9.17, 15) is 4.79 Å². The van der Waals surface area contributed by atoms with Crippen molar-refractivity contribution < 1.29 is 24.2 Å². The molecule has 0 atom stereocenters. The first-order chi connectivity index (χ1) is 17.6. The van der Waals surface area contributed by atoms with Crippen molar-refractivity contribution in [3.8, 4) is 29.0 Å². The topological polar surface area (TPSA) is 93.2 Å². The molecule has 2 heterocycles. The molecule has 3 aromatic rings. The molecule has 0 saturated carbocycles. The number of benzene rings is 2. The predicted molar refractivity (Wildman–Crippen MR) is 135 cm³/mol. The Morgan fingerprint density at radius 1 is 1.03 bits per heavy atom. The Bertz CT molecular complexity index is 1210. The number of methoxy groups -OCH3 is 1. The molecule has 1 fully saturated rings. The second-order valence-electron chi connectivity index (χ2n) is 8.27. The highest BCUT2D eigenvalue weighted by Crippen LogP contribution is 2.23. The van der Waals surface area contributed by atoms with Gasteiger partial charge < -0.3 is 14.2 Å². The quantitative estimate of drug-likeness (QED) is 0.218. The first-order valence-corrected chi connectivity index (χ1v) is 11.7. The third-order valence-electron chi connectivity index (χ3n) is 5.70. The van der Waals surface area contributed by atoms with Crippen LogP contribution in [0.25, 0.3) is 11.3 Å². The van der Waals surface area contributed by atoms with Gasteiger partial charge in [-0.3, -0.25) is 14.9 Å². The van der Waals surface area contributed by atoms with E-state index in [1.165, 1.54) is 11.6 Å². The van der Waals surface area contributed by atoms with E-state index < -0.39 is 5.91 Å². The van der Waals surface area contributed by atoms with E-state index in [0.29, 0.717) is 12.3 Å². The van der Waals surface area contributed by atoms with Crippen molar-refractivity contribution in [3.63, 3.8) is 0 Å². The van der Waals surface area contributed by atoms with E-state index in [1.807, 2.05) is 36.4 Å². The normalized spacial score (nSPS) is 13.5. The number of hydroxylamine groups is 1. The van der Waals surface area contributed by atoms with Gasteiger partial charge in [0.15, 0.2) is 0 Å². The van der Waals surface area contributed by atoms with Gasteiger partial charge in [0.25, 0.3) is 5.91 Å². The van der Waals surface area contributed by atoms with E-state index >= 15 is 0 Å². The zero-order valence-electron chi connectivity index (χ0n) is 20.2. The summed E-state index contributed by atoms with van der Waals surface area (Å²) in [4.78, 5) is 18.8. The Balaban J connectivity index is 1.45. The summed E-state index contributed by atoms with van der Waals surface area (Å²) in [6.07, 6.45) is 0. The molecule has 8 heteroatoms. The zero-order valence-corrected chi connectivity index (χ0v) is 20.2. The van der Waals surface area contributed by atoms with Gasteiger partial charge in [0.05, 0.1) is 25.5 Å². The molecule has 0 aliphatic carbocycles. The van der Waals surface area contributed by atoms with Gasteiger partial charge in [-0.1, -0.05) is 36.1 Å². The SMILES string of the molecule is COCCOc1cc(C(=O)NO)cc(-c2ccc(C#Cc3ccc(CN4CCOCC4)cc3)cc2)n1. The lowest BCUT2D eigenvalue weighted by Crippen LogP contribution is -2.35. The number of morpholine rings is 1. The summed E-state index contributed by atoms with van der Waals surface area (Å²) in [5.74, 6) is 6.02. The Morgan fingerprint density at radius 2 is 1.69 bits per heavy atom. The average Bonchev–Trinajstić information content (AvgIpc) is 2.93. The molecule has 186 valence electrons. The number of ether oxygens (including phenoxy) is 3. The molecule has 0 bridgehead atoms. The van der Waals surface area contributed by atoms with Crippen LogP contribution < -0.4 is 10.2 Å². The van der Waals surface area contributed by atoms with Gasteiger partial charge in [0, 0.05) is 55.1 Å². The molecule has 0 unspecified atom stereocenters. The van der Waals surface area contributed by atoms with Gasteiger partial charge >= 0.3 is 0 Å². The van der Waals surface area contributed by atoms with Crippen LogP contribution in [0, 0.1) is 11.8 Å². The second kappa shape index (κ2) is 12.8. The van der Waals surface area contributed by atoms with Crippen molar-refractivity contribution >= 4 is 5.91 Å². The Kier molecular flexibility index (Phi) is 9.03. The molecule has 1 aromatic heterocycles. The molecule has 2 aromatic carbocycles. The molecule has 0 radical (unpaired) electrons. The molecular formula is C28H29N3O5. The van der Waals surface area contributed by atoms with Crippen molar-refractivity contribution in [1.29, 1.82) is 0 Å². The molecule has 1 saturated heterocycles. The van der Waals surface area contributed by atoms with E-state index in [-0.39, 0.29) is 18.1 Å². The molecule has 1 amide bonds. The van der Waals surface area contributed by atoms with Crippen LogP contribution in [0.2, 0.25) is 0 Å². The highest BCUT2D eigenvalue weighted by molar-refractivity contribution is 5.94. The summed E-state index contributed by atoms with van der Waals surface area (Å²) in [6.45, 7) is 5.12. The molecule has 8 nitrogen and oxygen atoms in total. The lowest BCUT2D eigenvalue weighted by atomic mass is 10.1. The van der Waals surface area contributed by atoms with Gasteiger partial charge in [-0.15, -0.1) is 0 Å². The molecule has 1 aliphatic heterocycles. The van der Waals surface area contributed by atoms with Gasteiger partial charge in [-0.05, 0) is 35.9 Å². The number of pyridine rings is 1. The summed E-state index contributed by atoms with van der Waals surface area (Å²) >= 11 is 0. The van der Waals surface area contributed by atoms with Gasteiger partial charge in [0.1, 0.15) is 6.61 Å². The number of carbonyl (C=O) groups is 1. The maximum atomic E-state index is 12.0. The van der Waals surface area contributed by atoms with E-state index in [4.69, 9.17) is 19.4 Å². The largest absolute Gasteiger partial charge is 0.475 e. The number of amides is 1. The van der Waals surface area contributed by atoms with Gasteiger partial charge in [0.2, 0.25) is 5.88 Å². The second-order valence-corrected chi connectivity index (χ2v) is 8.27. The van der Waals surface area contributed by atoms with Gasteiger partial charge in [-0.25, -0.2) is 10.5 Å².